The van der Waals surface area contributed by atoms with Gasteiger partial charge in [0.05, 0.1) is 0 Å². The molecule has 2 aliphatic carbocycles. The van der Waals surface area contributed by atoms with Crippen molar-refractivity contribution in [2.75, 3.05) is 0 Å². The summed E-state index contributed by atoms with van der Waals surface area (Å²) in [5, 5.41) is 0. The van der Waals surface area contributed by atoms with Crippen molar-refractivity contribution in [2.45, 2.75) is 144 Å². The fourth-order valence-corrected chi connectivity index (χ4v) is 12.0. The Balaban J connectivity index is 1.37. The molecule has 0 aliphatic heterocycles. The Morgan fingerprint density at radius 2 is 0.863 bits per heavy atom. The van der Waals surface area contributed by atoms with Crippen molar-refractivity contribution < 1.29 is 0 Å². The van der Waals surface area contributed by atoms with E-state index in [0.717, 1.165) is 0 Å². The van der Waals surface area contributed by atoms with Crippen molar-refractivity contribution in [1.82, 2.24) is 0 Å². The highest BCUT2D eigenvalue weighted by Crippen LogP contribution is 2.51. The van der Waals surface area contributed by atoms with Gasteiger partial charge in [-0.25, -0.2) is 0 Å². The molecule has 268 valence electrons. The van der Waals surface area contributed by atoms with Gasteiger partial charge in [-0.1, -0.05) is 187 Å². The summed E-state index contributed by atoms with van der Waals surface area (Å²) in [6, 6.07) is 27.0. The summed E-state index contributed by atoms with van der Waals surface area (Å²) in [4.78, 5) is 0. The predicted molar refractivity (Wildman–Crippen MR) is 230 cm³/mol. The molecule has 0 bridgehead atoms. The molecule has 2 unspecified atom stereocenters. The Hall–Kier alpha value is -3.42. The lowest BCUT2D eigenvalue weighted by Gasteiger charge is -2.27. The third-order valence-corrected chi connectivity index (χ3v) is 13.5. The normalized spacial score (nSPS) is 17.3. The standard InChI is InChI=1S/C50H64Si/c1-13-15-35-27-41-39(17-19-45(49(7,8)9)47(41)37-23-31(3)21-32(4)24-37)43(35)29-51-30-44-36(16-14-2)28-42-40(44)18-20-46(50(10,11)12)48(42)38-25-33(5)22-34(6)26-38/h17-28,43-44H,13-16,29-30,51H2,1-12H3. The van der Waals surface area contributed by atoms with Gasteiger partial charge in [-0.2, -0.15) is 0 Å². The van der Waals surface area contributed by atoms with Crippen LogP contribution in [0.2, 0.25) is 12.1 Å². The molecule has 0 saturated heterocycles. The molecular formula is C50H64Si. The molecule has 2 aliphatic rings. The molecule has 0 spiro atoms. The Bertz CT molecular complexity index is 1820. The minimum Gasteiger partial charge on any atom is -0.0651 e. The van der Waals surface area contributed by atoms with Gasteiger partial charge >= 0.3 is 0 Å². The molecule has 0 nitrogen and oxygen atoms in total. The zero-order valence-electron chi connectivity index (χ0n) is 34.0. The zero-order chi connectivity index (χ0) is 36.8. The lowest BCUT2D eigenvalue weighted by Crippen LogP contribution is -2.15. The van der Waals surface area contributed by atoms with Crippen LogP contribution in [0, 0.1) is 27.7 Å². The lowest BCUT2D eigenvalue weighted by atomic mass is 9.78. The van der Waals surface area contributed by atoms with E-state index < -0.39 is 0 Å². The van der Waals surface area contributed by atoms with Crippen molar-refractivity contribution in [2.24, 2.45) is 0 Å². The second-order valence-corrected chi connectivity index (χ2v) is 20.1. The molecule has 1 heteroatoms. The van der Waals surface area contributed by atoms with Crippen molar-refractivity contribution in [1.29, 1.82) is 0 Å². The average Bonchev–Trinajstić information content (AvgIpc) is 3.56. The smallest absolute Gasteiger partial charge is 0.0218 e. The largest absolute Gasteiger partial charge is 0.0651 e. The van der Waals surface area contributed by atoms with E-state index in [9.17, 15) is 0 Å². The molecule has 0 fully saturated rings. The summed E-state index contributed by atoms with van der Waals surface area (Å²) in [7, 11) is -0.356. The monoisotopic (exact) mass is 692 g/mol. The third kappa shape index (κ3) is 7.57. The first-order chi connectivity index (χ1) is 24.1. The van der Waals surface area contributed by atoms with Crippen LogP contribution in [0.3, 0.4) is 0 Å². The molecule has 0 heterocycles. The first-order valence-corrected chi connectivity index (χ1v) is 22.0. The number of allylic oxidation sites excluding steroid dienone is 2. The van der Waals surface area contributed by atoms with E-state index in [0.29, 0.717) is 11.8 Å². The van der Waals surface area contributed by atoms with Crippen LogP contribution in [0.4, 0.5) is 0 Å². The first kappa shape index (κ1) is 37.3. The van der Waals surface area contributed by atoms with Crippen molar-refractivity contribution in [3.63, 3.8) is 0 Å². The number of aryl methyl sites for hydroxylation is 4. The van der Waals surface area contributed by atoms with Crippen molar-refractivity contribution in [3.05, 3.63) is 127 Å². The summed E-state index contributed by atoms with van der Waals surface area (Å²) in [6.07, 6.45) is 10.1. The lowest BCUT2D eigenvalue weighted by molar-refractivity contribution is 0.591. The van der Waals surface area contributed by atoms with Gasteiger partial charge in [0.2, 0.25) is 0 Å². The number of fused-ring (bicyclic) bond motifs is 2. The highest BCUT2D eigenvalue weighted by atomic mass is 28.2. The van der Waals surface area contributed by atoms with Crippen LogP contribution in [-0.4, -0.2) is 9.52 Å². The Labute approximate surface area is 313 Å². The van der Waals surface area contributed by atoms with Crippen LogP contribution in [0.5, 0.6) is 0 Å². The maximum atomic E-state index is 2.64. The summed E-state index contributed by atoms with van der Waals surface area (Å²) >= 11 is 0. The fraction of sp³-hybridized carbons (Fsp3) is 0.440. The molecule has 6 rings (SSSR count). The SMILES string of the molecule is CCCC1=Cc2c(ccc(C(C)(C)C)c2-c2cc(C)cc(C)c2)C1C[SiH2]CC1C(CCC)=Cc2c1ccc(C(C)(C)C)c2-c1cc(C)cc(C)c1. The average molecular weight is 693 g/mol. The van der Waals surface area contributed by atoms with E-state index in [1.807, 2.05) is 0 Å². The van der Waals surface area contributed by atoms with Crippen LogP contribution < -0.4 is 0 Å². The highest BCUT2D eigenvalue weighted by molar-refractivity contribution is 6.36. The maximum absolute atomic E-state index is 2.64. The number of rotatable bonds is 10. The maximum Gasteiger partial charge on any atom is 0.0218 e. The van der Waals surface area contributed by atoms with Gasteiger partial charge < -0.3 is 0 Å². The zero-order valence-corrected chi connectivity index (χ0v) is 35.4. The summed E-state index contributed by atoms with van der Waals surface area (Å²) in [6.45, 7) is 28.0. The summed E-state index contributed by atoms with van der Waals surface area (Å²) in [5.74, 6) is 1.14. The molecule has 2 atom stereocenters. The van der Waals surface area contributed by atoms with Gasteiger partial charge in [0.25, 0.3) is 0 Å². The molecule has 0 aromatic heterocycles. The Kier molecular flexibility index (Phi) is 10.6. The van der Waals surface area contributed by atoms with E-state index in [1.54, 1.807) is 22.3 Å². The molecule has 0 amide bonds. The number of benzene rings is 4. The topological polar surface area (TPSA) is 0 Å². The van der Waals surface area contributed by atoms with Gasteiger partial charge in [0.15, 0.2) is 0 Å². The molecule has 4 aromatic rings. The van der Waals surface area contributed by atoms with Crippen molar-refractivity contribution >= 4 is 21.7 Å². The summed E-state index contributed by atoms with van der Waals surface area (Å²) in [5.41, 5.74) is 23.8. The molecule has 0 N–H and O–H groups in total. The molecule has 4 aromatic carbocycles. The Morgan fingerprint density at radius 3 is 1.18 bits per heavy atom. The van der Waals surface area contributed by atoms with Crippen LogP contribution >= 0.6 is 0 Å². The number of hydrogen-bond acceptors (Lipinski definition) is 0. The van der Waals surface area contributed by atoms with Gasteiger partial charge in [0.1, 0.15) is 0 Å². The molecule has 51 heavy (non-hydrogen) atoms. The van der Waals surface area contributed by atoms with Gasteiger partial charge in [-0.3, -0.25) is 0 Å². The highest BCUT2D eigenvalue weighted by Gasteiger charge is 2.33. The second kappa shape index (κ2) is 14.5. The molecular weight excluding hydrogens is 629 g/mol. The van der Waals surface area contributed by atoms with E-state index in [-0.39, 0.29) is 20.3 Å². The van der Waals surface area contributed by atoms with E-state index in [2.05, 4.69) is 156 Å². The van der Waals surface area contributed by atoms with Crippen LogP contribution in [0.15, 0.2) is 71.8 Å². The molecule has 0 radical (unpaired) electrons. The fourth-order valence-electron chi connectivity index (χ4n) is 9.55. The van der Waals surface area contributed by atoms with Crippen LogP contribution in [0.1, 0.15) is 149 Å². The van der Waals surface area contributed by atoms with Crippen LogP contribution in [-0.2, 0) is 10.8 Å². The van der Waals surface area contributed by atoms with Gasteiger partial charge in [-0.05, 0) is 107 Å². The van der Waals surface area contributed by atoms with Crippen LogP contribution in [0.25, 0.3) is 34.4 Å². The Morgan fingerprint density at radius 1 is 0.510 bits per heavy atom. The quantitative estimate of drug-likeness (QED) is 0.145. The minimum absolute atomic E-state index is 0.0777. The predicted octanol–water partition coefficient (Wildman–Crippen LogP) is 14.1. The van der Waals surface area contributed by atoms with Gasteiger partial charge in [-0.15, -0.1) is 0 Å². The number of hydrogen-bond donors (Lipinski definition) is 0. The minimum atomic E-state index is -0.356. The van der Waals surface area contributed by atoms with Gasteiger partial charge in [0, 0.05) is 21.4 Å². The van der Waals surface area contributed by atoms with E-state index >= 15 is 0 Å². The third-order valence-electron chi connectivity index (χ3n) is 11.6. The van der Waals surface area contributed by atoms with E-state index in [4.69, 9.17) is 0 Å². The molecule has 0 saturated carbocycles. The van der Waals surface area contributed by atoms with E-state index in [1.165, 1.54) is 105 Å². The first-order valence-electron chi connectivity index (χ1n) is 20.0. The second-order valence-electron chi connectivity index (χ2n) is 18.2. The van der Waals surface area contributed by atoms with Crippen molar-refractivity contribution in [3.8, 4) is 22.3 Å². The summed E-state index contributed by atoms with van der Waals surface area (Å²) < 4.78 is 0.